The molecule has 0 saturated heterocycles. The molecule has 7 heteroatoms. The van der Waals surface area contributed by atoms with E-state index in [9.17, 15) is 18.7 Å². The highest BCUT2D eigenvalue weighted by Crippen LogP contribution is 2.28. The molecule has 21 heavy (non-hydrogen) atoms. The van der Waals surface area contributed by atoms with Crippen LogP contribution in [0.3, 0.4) is 0 Å². The number of aromatic nitrogens is 2. The van der Waals surface area contributed by atoms with Gasteiger partial charge in [0.2, 0.25) is 5.91 Å². The van der Waals surface area contributed by atoms with E-state index in [4.69, 9.17) is 0 Å². The second-order valence-corrected chi connectivity index (χ2v) is 4.67. The van der Waals surface area contributed by atoms with Crippen molar-refractivity contribution in [2.45, 2.75) is 19.3 Å². The number of alkyl halides is 2. The van der Waals surface area contributed by atoms with Crippen LogP contribution in [0.4, 0.5) is 14.5 Å². The van der Waals surface area contributed by atoms with E-state index in [1.165, 1.54) is 25.4 Å². The average Bonchev–Trinajstić information content (AvgIpc) is 2.78. The first-order chi connectivity index (χ1) is 9.90. The molecule has 0 bridgehead atoms. The number of nitrogens with zero attached hydrogens (tertiary/aromatic N) is 2. The van der Waals surface area contributed by atoms with Crippen molar-refractivity contribution in [2.75, 3.05) is 5.32 Å². The molecule has 0 aliphatic carbocycles. The lowest BCUT2D eigenvalue weighted by Gasteiger charge is -2.13. The number of halogens is 2. The Morgan fingerprint density at radius 2 is 2.14 bits per heavy atom. The number of aryl methyl sites for hydroxylation is 1. The van der Waals surface area contributed by atoms with Gasteiger partial charge in [0.25, 0.3) is 6.43 Å². The molecular weight excluding hydrogens is 280 g/mol. The maximum Gasteiger partial charge on any atom is 0.282 e. The molecule has 1 heterocycles. The number of rotatable bonds is 4. The van der Waals surface area contributed by atoms with Crippen molar-refractivity contribution in [3.63, 3.8) is 0 Å². The van der Waals surface area contributed by atoms with Crippen LogP contribution in [0.15, 0.2) is 30.5 Å². The van der Waals surface area contributed by atoms with Crippen LogP contribution >= 0.6 is 0 Å². The summed E-state index contributed by atoms with van der Waals surface area (Å²) in [6.45, 7) is 1.63. The predicted molar refractivity (Wildman–Crippen MR) is 73.3 cm³/mol. The lowest BCUT2D eigenvalue weighted by atomic mass is 10.00. The van der Waals surface area contributed by atoms with Gasteiger partial charge < -0.3 is 10.4 Å². The molecule has 1 unspecified atom stereocenters. The van der Waals surface area contributed by atoms with Gasteiger partial charge in [-0.05, 0) is 24.6 Å². The summed E-state index contributed by atoms with van der Waals surface area (Å²) in [7, 11) is 1.38. The third-order valence-corrected chi connectivity index (χ3v) is 3.21. The van der Waals surface area contributed by atoms with Crippen molar-refractivity contribution in [1.82, 2.24) is 9.78 Å². The molecule has 112 valence electrons. The summed E-state index contributed by atoms with van der Waals surface area (Å²) in [5.41, 5.74) is 0.242. The van der Waals surface area contributed by atoms with Crippen LogP contribution in [-0.2, 0) is 11.8 Å². The van der Waals surface area contributed by atoms with Crippen molar-refractivity contribution < 1.29 is 18.7 Å². The second-order valence-electron chi connectivity index (χ2n) is 4.67. The average molecular weight is 295 g/mol. The van der Waals surface area contributed by atoms with Gasteiger partial charge in [0.05, 0.1) is 17.8 Å². The molecule has 0 aliphatic heterocycles. The Balaban J connectivity index is 2.18. The van der Waals surface area contributed by atoms with Crippen LogP contribution < -0.4 is 5.32 Å². The number of aromatic hydroxyl groups is 1. The molecule has 2 rings (SSSR count). The van der Waals surface area contributed by atoms with Crippen molar-refractivity contribution in [2.24, 2.45) is 7.05 Å². The van der Waals surface area contributed by atoms with E-state index in [1.54, 1.807) is 19.1 Å². The predicted octanol–water partition coefficient (Wildman–Crippen LogP) is 2.81. The van der Waals surface area contributed by atoms with Gasteiger partial charge in [-0.25, -0.2) is 8.78 Å². The maximum atomic E-state index is 12.9. The SMILES string of the molecule is CC(C(=O)Nc1cnn(C)c1C(F)F)c1cccc(O)c1. The highest BCUT2D eigenvalue weighted by Gasteiger charge is 2.22. The number of benzene rings is 1. The summed E-state index contributed by atoms with van der Waals surface area (Å²) in [5, 5.41) is 15.6. The van der Waals surface area contributed by atoms with Gasteiger partial charge >= 0.3 is 0 Å². The summed E-state index contributed by atoms with van der Waals surface area (Å²) >= 11 is 0. The number of phenols is 1. The molecule has 0 aliphatic rings. The number of nitrogens with one attached hydrogen (secondary N) is 1. The molecule has 1 atom stereocenters. The maximum absolute atomic E-state index is 12.9. The fourth-order valence-corrected chi connectivity index (χ4v) is 1.99. The van der Waals surface area contributed by atoms with Gasteiger partial charge in [0.15, 0.2) is 0 Å². The molecule has 1 aromatic heterocycles. The molecule has 5 nitrogen and oxygen atoms in total. The van der Waals surface area contributed by atoms with E-state index in [0.717, 1.165) is 4.68 Å². The minimum atomic E-state index is -2.73. The third-order valence-electron chi connectivity index (χ3n) is 3.21. The first kappa shape index (κ1) is 15.0. The van der Waals surface area contributed by atoms with Gasteiger partial charge in [0.1, 0.15) is 11.4 Å². The molecular formula is C14H15F2N3O2. The van der Waals surface area contributed by atoms with Crippen molar-refractivity contribution in [3.05, 3.63) is 41.7 Å². The quantitative estimate of drug-likeness (QED) is 0.911. The van der Waals surface area contributed by atoms with Gasteiger partial charge in [-0.2, -0.15) is 5.10 Å². The highest BCUT2D eigenvalue weighted by atomic mass is 19.3. The number of phenolic OH excluding ortho intramolecular Hbond substituents is 1. The lowest BCUT2D eigenvalue weighted by Crippen LogP contribution is -2.19. The molecule has 2 aromatic rings. The van der Waals surface area contributed by atoms with Crippen LogP contribution in [0.25, 0.3) is 0 Å². The van der Waals surface area contributed by atoms with Crippen molar-refractivity contribution in [3.8, 4) is 5.75 Å². The highest BCUT2D eigenvalue weighted by molar-refractivity contribution is 5.96. The molecule has 1 aromatic carbocycles. The minimum absolute atomic E-state index is 0.00972. The Labute approximate surface area is 120 Å². The Morgan fingerprint density at radius 3 is 2.76 bits per heavy atom. The number of carbonyl (C=O) groups is 1. The topological polar surface area (TPSA) is 67.2 Å². The van der Waals surface area contributed by atoms with Crippen molar-refractivity contribution >= 4 is 11.6 Å². The Morgan fingerprint density at radius 1 is 1.43 bits per heavy atom. The summed E-state index contributed by atoms with van der Waals surface area (Å²) in [4.78, 5) is 12.1. The fraction of sp³-hybridized carbons (Fsp3) is 0.286. The number of carbonyl (C=O) groups excluding carboxylic acids is 1. The normalized spacial score (nSPS) is 12.4. The summed E-state index contributed by atoms with van der Waals surface area (Å²) in [5.74, 6) is -1.000. The number of hydrogen-bond donors (Lipinski definition) is 2. The first-order valence-corrected chi connectivity index (χ1v) is 6.30. The Bertz CT molecular complexity index is 655. The second kappa shape index (κ2) is 5.90. The molecule has 0 radical (unpaired) electrons. The Kier molecular flexibility index (Phi) is 4.21. The van der Waals surface area contributed by atoms with Crippen LogP contribution in [-0.4, -0.2) is 20.8 Å². The van der Waals surface area contributed by atoms with E-state index < -0.39 is 18.3 Å². The van der Waals surface area contributed by atoms with Crippen LogP contribution in [0, 0.1) is 0 Å². The van der Waals surface area contributed by atoms with Crippen LogP contribution in [0.5, 0.6) is 5.75 Å². The van der Waals surface area contributed by atoms with E-state index in [0.29, 0.717) is 5.56 Å². The largest absolute Gasteiger partial charge is 0.508 e. The minimum Gasteiger partial charge on any atom is -0.508 e. The van der Waals surface area contributed by atoms with Gasteiger partial charge in [0, 0.05) is 7.05 Å². The molecule has 0 saturated carbocycles. The van der Waals surface area contributed by atoms with Gasteiger partial charge in [-0.15, -0.1) is 0 Å². The summed E-state index contributed by atoms with van der Waals surface area (Å²) in [6.07, 6.45) is -1.54. The van der Waals surface area contributed by atoms with Crippen LogP contribution in [0.1, 0.15) is 30.5 Å². The zero-order chi connectivity index (χ0) is 15.6. The van der Waals surface area contributed by atoms with Crippen molar-refractivity contribution in [1.29, 1.82) is 0 Å². The van der Waals surface area contributed by atoms with E-state index in [1.807, 2.05) is 0 Å². The molecule has 2 N–H and O–H groups in total. The molecule has 1 amide bonds. The molecule has 0 spiro atoms. The van der Waals surface area contributed by atoms with Gasteiger partial charge in [-0.3, -0.25) is 9.48 Å². The summed E-state index contributed by atoms with van der Waals surface area (Å²) < 4.78 is 26.8. The monoisotopic (exact) mass is 295 g/mol. The standard InChI is InChI=1S/C14H15F2N3O2/c1-8(9-4-3-5-10(20)6-9)14(21)18-11-7-17-19(2)12(11)13(15)16/h3-8,13,20H,1-2H3,(H,18,21). The van der Waals surface area contributed by atoms with E-state index in [2.05, 4.69) is 10.4 Å². The molecule has 0 fully saturated rings. The smallest absolute Gasteiger partial charge is 0.282 e. The lowest BCUT2D eigenvalue weighted by molar-refractivity contribution is -0.117. The van der Waals surface area contributed by atoms with Gasteiger partial charge in [-0.1, -0.05) is 12.1 Å². The van der Waals surface area contributed by atoms with E-state index >= 15 is 0 Å². The third kappa shape index (κ3) is 3.18. The number of hydrogen-bond acceptors (Lipinski definition) is 3. The zero-order valence-electron chi connectivity index (χ0n) is 11.5. The Hall–Kier alpha value is -2.44. The first-order valence-electron chi connectivity index (χ1n) is 6.30. The summed E-state index contributed by atoms with van der Waals surface area (Å²) in [6, 6.07) is 6.25. The number of amides is 1. The zero-order valence-corrected chi connectivity index (χ0v) is 11.5. The van der Waals surface area contributed by atoms with E-state index in [-0.39, 0.29) is 17.1 Å². The fourth-order valence-electron chi connectivity index (χ4n) is 1.99. The van der Waals surface area contributed by atoms with Crippen LogP contribution in [0.2, 0.25) is 0 Å². The number of anilines is 1.